The van der Waals surface area contributed by atoms with Crippen LogP contribution >= 0.6 is 0 Å². The molecule has 0 radical (unpaired) electrons. The van der Waals surface area contributed by atoms with Crippen molar-refractivity contribution >= 4 is 11.0 Å². The molecule has 1 saturated heterocycles. The molecule has 1 aliphatic rings. The SMILES string of the molecule is CCC1(c2nc3cc(C)ccc3n2C(C)C)CCCNC1. The van der Waals surface area contributed by atoms with Gasteiger partial charge in [-0.25, -0.2) is 4.98 Å². The van der Waals surface area contributed by atoms with E-state index in [1.165, 1.54) is 29.7 Å². The van der Waals surface area contributed by atoms with Crippen LogP contribution in [0.4, 0.5) is 0 Å². The molecule has 1 fully saturated rings. The topological polar surface area (TPSA) is 29.9 Å². The van der Waals surface area contributed by atoms with Crippen LogP contribution in [-0.2, 0) is 5.41 Å². The minimum absolute atomic E-state index is 0.190. The molecule has 3 nitrogen and oxygen atoms in total. The predicted octanol–water partition coefficient (Wildman–Crippen LogP) is 3.96. The van der Waals surface area contributed by atoms with Gasteiger partial charge in [-0.05, 0) is 64.3 Å². The van der Waals surface area contributed by atoms with Crippen LogP contribution in [-0.4, -0.2) is 22.6 Å². The number of aromatic nitrogens is 2. The van der Waals surface area contributed by atoms with Crippen molar-refractivity contribution in [2.75, 3.05) is 13.1 Å². The zero-order valence-electron chi connectivity index (χ0n) is 13.7. The molecular weight excluding hydrogens is 258 g/mol. The third-order valence-electron chi connectivity index (χ3n) is 4.98. The fourth-order valence-electron chi connectivity index (χ4n) is 3.72. The van der Waals surface area contributed by atoms with Crippen molar-refractivity contribution in [1.82, 2.24) is 14.9 Å². The quantitative estimate of drug-likeness (QED) is 0.925. The molecule has 0 bridgehead atoms. The molecule has 2 heterocycles. The molecule has 0 spiro atoms. The number of fused-ring (bicyclic) bond motifs is 1. The number of hydrogen-bond donors (Lipinski definition) is 1. The van der Waals surface area contributed by atoms with E-state index < -0.39 is 0 Å². The number of nitrogens with zero attached hydrogens (tertiary/aromatic N) is 2. The minimum Gasteiger partial charge on any atom is -0.325 e. The fourth-order valence-corrected chi connectivity index (χ4v) is 3.72. The van der Waals surface area contributed by atoms with Gasteiger partial charge in [0.1, 0.15) is 5.82 Å². The Hall–Kier alpha value is -1.35. The van der Waals surface area contributed by atoms with E-state index in [4.69, 9.17) is 4.98 Å². The Morgan fingerprint density at radius 3 is 2.81 bits per heavy atom. The van der Waals surface area contributed by atoms with Crippen molar-refractivity contribution in [2.45, 2.75) is 58.4 Å². The Balaban J connectivity index is 2.22. The molecule has 1 aliphatic heterocycles. The zero-order chi connectivity index (χ0) is 15.0. The summed E-state index contributed by atoms with van der Waals surface area (Å²) in [7, 11) is 0. The zero-order valence-corrected chi connectivity index (χ0v) is 13.7. The number of imidazole rings is 1. The van der Waals surface area contributed by atoms with Crippen LogP contribution in [0.25, 0.3) is 11.0 Å². The van der Waals surface area contributed by atoms with E-state index in [-0.39, 0.29) is 5.41 Å². The first-order valence-electron chi connectivity index (χ1n) is 8.27. The van der Waals surface area contributed by atoms with Gasteiger partial charge >= 0.3 is 0 Å². The van der Waals surface area contributed by atoms with Crippen LogP contribution in [0.3, 0.4) is 0 Å². The lowest BCUT2D eigenvalue weighted by atomic mass is 9.77. The van der Waals surface area contributed by atoms with E-state index >= 15 is 0 Å². The largest absolute Gasteiger partial charge is 0.325 e. The second-order valence-corrected chi connectivity index (χ2v) is 6.81. The first-order valence-corrected chi connectivity index (χ1v) is 8.27. The van der Waals surface area contributed by atoms with Gasteiger partial charge in [-0.1, -0.05) is 13.0 Å². The molecule has 3 heteroatoms. The van der Waals surface area contributed by atoms with Crippen LogP contribution in [0, 0.1) is 6.92 Å². The summed E-state index contributed by atoms with van der Waals surface area (Å²) in [6.45, 7) is 11.2. The van der Waals surface area contributed by atoms with Gasteiger partial charge in [0, 0.05) is 18.0 Å². The number of aryl methyl sites for hydroxylation is 1. The minimum atomic E-state index is 0.190. The molecule has 1 aromatic carbocycles. The summed E-state index contributed by atoms with van der Waals surface area (Å²) in [6.07, 6.45) is 3.63. The third-order valence-corrected chi connectivity index (χ3v) is 4.98. The summed E-state index contributed by atoms with van der Waals surface area (Å²) in [6, 6.07) is 7.10. The predicted molar refractivity (Wildman–Crippen MR) is 88.9 cm³/mol. The number of nitrogens with one attached hydrogen (secondary N) is 1. The van der Waals surface area contributed by atoms with Gasteiger partial charge in [0.25, 0.3) is 0 Å². The molecule has 21 heavy (non-hydrogen) atoms. The van der Waals surface area contributed by atoms with Gasteiger partial charge in [0.2, 0.25) is 0 Å². The highest BCUT2D eigenvalue weighted by molar-refractivity contribution is 5.77. The van der Waals surface area contributed by atoms with Crippen molar-refractivity contribution in [3.8, 4) is 0 Å². The molecule has 1 unspecified atom stereocenters. The highest BCUT2D eigenvalue weighted by atomic mass is 15.1. The first kappa shape index (κ1) is 14.6. The van der Waals surface area contributed by atoms with E-state index in [0.717, 1.165) is 25.0 Å². The Kier molecular flexibility index (Phi) is 3.78. The van der Waals surface area contributed by atoms with Gasteiger partial charge < -0.3 is 9.88 Å². The van der Waals surface area contributed by atoms with Crippen LogP contribution in [0.1, 0.15) is 57.5 Å². The van der Waals surface area contributed by atoms with Gasteiger partial charge in [0.05, 0.1) is 11.0 Å². The van der Waals surface area contributed by atoms with Gasteiger partial charge in [0.15, 0.2) is 0 Å². The second kappa shape index (κ2) is 5.45. The maximum absolute atomic E-state index is 5.08. The Morgan fingerprint density at radius 1 is 1.38 bits per heavy atom. The molecule has 1 aromatic heterocycles. The van der Waals surface area contributed by atoms with Crippen LogP contribution in [0.2, 0.25) is 0 Å². The standard InChI is InChI=1S/C18H27N3/c1-5-18(9-6-10-19-12-18)17-20-15-11-14(4)7-8-16(15)21(17)13(2)3/h7-8,11,13,19H,5-6,9-10,12H2,1-4H3. The third kappa shape index (κ3) is 2.38. The van der Waals surface area contributed by atoms with E-state index in [1.54, 1.807) is 0 Å². The number of hydrogen-bond acceptors (Lipinski definition) is 2. The highest BCUT2D eigenvalue weighted by Gasteiger charge is 2.37. The molecule has 3 rings (SSSR count). The Morgan fingerprint density at radius 2 is 2.19 bits per heavy atom. The lowest BCUT2D eigenvalue weighted by molar-refractivity contribution is 0.276. The van der Waals surface area contributed by atoms with E-state index in [9.17, 15) is 0 Å². The normalized spacial score (nSPS) is 23.1. The summed E-state index contributed by atoms with van der Waals surface area (Å²) >= 11 is 0. The number of benzene rings is 1. The molecule has 0 saturated carbocycles. The van der Waals surface area contributed by atoms with E-state index in [1.807, 2.05) is 0 Å². The van der Waals surface area contributed by atoms with Crippen LogP contribution < -0.4 is 5.32 Å². The average molecular weight is 285 g/mol. The lowest BCUT2D eigenvalue weighted by Gasteiger charge is -2.37. The summed E-state index contributed by atoms with van der Waals surface area (Å²) in [5, 5.41) is 3.59. The monoisotopic (exact) mass is 285 g/mol. The van der Waals surface area contributed by atoms with Crippen LogP contribution in [0.5, 0.6) is 0 Å². The van der Waals surface area contributed by atoms with Crippen molar-refractivity contribution in [2.24, 2.45) is 0 Å². The van der Waals surface area contributed by atoms with Crippen LogP contribution in [0.15, 0.2) is 18.2 Å². The number of piperidine rings is 1. The Bertz CT molecular complexity index is 633. The molecule has 1 atom stereocenters. The van der Waals surface area contributed by atoms with E-state index in [2.05, 4.69) is 55.8 Å². The fraction of sp³-hybridized carbons (Fsp3) is 0.611. The maximum Gasteiger partial charge on any atom is 0.117 e. The average Bonchev–Trinajstić information content (AvgIpc) is 2.87. The smallest absolute Gasteiger partial charge is 0.117 e. The molecular formula is C18H27N3. The molecule has 114 valence electrons. The summed E-state index contributed by atoms with van der Waals surface area (Å²) < 4.78 is 2.46. The number of rotatable bonds is 3. The van der Waals surface area contributed by atoms with Gasteiger partial charge in [-0.15, -0.1) is 0 Å². The summed E-state index contributed by atoms with van der Waals surface area (Å²) in [5.74, 6) is 1.29. The van der Waals surface area contributed by atoms with E-state index in [0.29, 0.717) is 6.04 Å². The molecule has 0 amide bonds. The lowest BCUT2D eigenvalue weighted by Crippen LogP contribution is -2.44. The maximum atomic E-state index is 5.08. The summed E-state index contributed by atoms with van der Waals surface area (Å²) in [5.41, 5.74) is 3.91. The molecule has 1 N–H and O–H groups in total. The van der Waals surface area contributed by atoms with Gasteiger partial charge in [-0.3, -0.25) is 0 Å². The summed E-state index contributed by atoms with van der Waals surface area (Å²) in [4.78, 5) is 5.08. The second-order valence-electron chi connectivity index (χ2n) is 6.81. The van der Waals surface area contributed by atoms with Crippen molar-refractivity contribution in [3.63, 3.8) is 0 Å². The van der Waals surface area contributed by atoms with Crippen molar-refractivity contribution < 1.29 is 0 Å². The molecule has 2 aromatic rings. The van der Waals surface area contributed by atoms with Crippen molar-refractivity contribution in [3.05, 3.63) is 29.6 Å². The van der Waals surface area contributed by atoms with Crippen molar-refractivity contribution in [1.29, 1.82) is 0 Å². The molecule has 0 aliphatic carbocycles. The van der Waals surface area contributed by atoms with Gasteiger partial charge in [-0.2, -0.15) is 0 Å². The Labute approximate surface area is 127 Å². The highest BCUT2D eigenvalue weighted by Crippen LogP contribution is 2.37. The first-order chi connectivity index (χ1) is 10.1.